The number of benzene rings is 1. The molecule has 1 heterocycles. The number of nitrogens with one attached hydrogen (secondary N) is 1. The third-order valence-corrected chi connectivity index (χ3v) is 6.49. The summed E-state index contributed by atoms with van der Waals surface area (Å²) in [5.74, 6) is 0. The number of aryl methyl sites for hydroxylation is 2. The van der Waals surface area contributed by atoms with Gasteiger partial charge in [-0.1, -0.05) is 6.07 Å². The van der Waals surface area contributed by atoms with Crippen LogP contribution in [-0.4, -0.2) is 37.9 Å². The van der Waals surface area contributed by atoms with Gasteiger partial charge < -0.3 is 5.32 Å². The highest BCUT2D eigenvalue weighted by atomic mass is 32.2. The third kappa shape index (κ3) is 2.28. The second-order valence-electron chi connectivity index (χ2n) is 6.35. The van der Waals surface area contributed by atoms with E-state index in [9.17, 15) is 8.42 Å². The molecule has 4 nitrogen and oxygen atoms in total. The minimum absolute atomic E-state index is 0.379. The lowest BCUT2D eigenvalue weighted by Crippen LogP contribution is -2.59. The SMILES string of the molecule is CC1(C)CNCCN1S(=O)(=O)c1ccc2c(c1)CCC2. The van der Waals surface area contributed by atoms with E-state index >= 15 is 0 Å². The van der Waals surface area contributed by atoms with Crippen molar-refractivity contribution in [2.75, 3.05) is 19.6 Å². The number of fused-ring (bicyclic) bond motifs is 1. The number of nitrogens with zero attached hydrogens (tertiary/aromatic N) is 1. The van der Waals surface area contributed by atoms with Crippen LogP contribution in [0.15, 0.2) is 23.1 Å². The fourth-order valence-electron chi connectivity index (χ4n) is 3.25. The molecule has 1 aromatic rings. The summed E-state index contributed by atoms with van der Waals surface area (Å²) in [5, 5.41) is 3.26. The Labute approximate surface area is 121 Å². The molecule has 5 heteroatoms. The molecule has 1 aliphatic carbocycles. The third-order valence-electron chi connectivity index (χ3n) is 4.38. The van der Waals surface area contributed by atoms with Crippen LogP contribution in [0.3, 0.4) is 0 Å². The Morgan fingerprint density at radius 1 is 1.20 bits per heavy atom. The molecular formula is C15H22N2O2S. The highest BCUT2D eigenvalue weighted by Gasteiger charge is 2.39. The zero-order valence-corrected chi connectivity index (χ0v) is 13.0. The van der Waals surface area contributed by atoms with E-state index in [4.69, 9.17) is 0 Å². The lowest BCUT2D eigenvalue weighted by molar-refractivity contribution is 0.186. The van der Waals surface area contributed by atoms with Crippen LogP contribution in [0.5, 0.6) is 0 Å². The average Bonchev–Trinajstić information content (AvgIpc) is 2.84. The Hall–Kier alpha value is -0.910. The number of sulfonamides is 1. The van der Waals surface area contributed by atoms with Crippen molar-refractivity contribution in [2.45, 2.75) is 43.5 Å². The molecule has 0 bridgehead atoms. The van der Waals surface area contributed by atoms with Crippen molar-refractivity contribution in [3.05, 3.63) is 29.3 Å². The largest absolute Gasteiger partial charge is 0.314 e. The topological polar surface area (TPSA) is 49.4 Å². The summed E-state index contributed by atoms with van der Waals surface area (Å²) in [6, 6.07) is 5.65. The Morgan fingerprint density at radius 3 is 2.70 bits per heavy atom. The van der Waals surface area contributed by atoms with Gasteiger partial charge in [-0.15, -0.1) is 0 Å². The number of hydrogen-bond donors (Lipinski definition) is 1. The highest BCUT2D eigenvalue weighted by molar-refractivity contribution is 7.89. The van der Waals surface area contributed by atoms with E-state index in [1.165, 1.54) is 11.1 Å². The summed E-state index contributed by atoms with van der Waals surface area (Å²) in [4.78, 5) is 0.452. The number of rotatable bonds is 2. The van der Waals surface area contributed by atoms with Crippen LogP contribution >= 0.6 is 0 Å². The van der Waals surface area contributed by atoms with Crippen molar-refractivity contribution in [3.8, 4) is 0 Å². The first-order valence-electron chi connectivity index (χ1n) is 7.27. The molecule has 0 amide bonds. The summed E-state index contributed by atoms with van der Waals surface area (Å²) in [6.07, 6.45) is 3.22. The van der Waals surface area contributed by atoms with Gasteiger partial charge in [0.2, 0.25) is 10.0 Å². The van der Waals surface area contributed by atoms with Gasteiger partial charge in [-0.3, -0.25) is 0 Å². The van der Waals surface area contributed by atoms with Crippen LogP contribution in [0.1, 0.15) is 31.4 Å². The van der Waals surface area contributed by atoms with E-state index < -0.39 is 10.0 Å². The lowest BCUT2D eigenvalue weighted by atomic mass is 10.0. The predicted octanol–water partition coefficient (Wildman–Crippen LogP) is 1.55. The van der Waals surface area contributed by atoms with Gasteiger partial charge in [-0.05, 0) is 56.4 Å². The summed E-state index contributed by atoms with van der Waals surface area (Å²) in [5.41, 5.74) is 2.14. The highest BCUT2D eigenvalue weighted by Crippen LogP contribution is 2.29. The standard InChI is InChI=1S/C15H22N2O2S/c1-15(2)11-16-8-9-17(15)20(18,19)14-7-6-12-4-3-5-13(12)10-14/h6-7,10,16H,3-5,8-9,11H2,1-2H3. The summed E-state index contributed by atoms with van der Waals surface area (Å²) in [7, 11) is -3.40. The maximum absolute atomic E-state index is 12.9. The van der Waals surface area contributed by atoms with E-state index in [1.54, 1.807) is 10.4 Å². The van der Waals surface area contributed by atoms with Gasteiger partial charge >= 0.3 is 0 Å². The zero-order chi connectivity index (χ0) is 14.4. The van der Waals surface area contributed by atoms with E-state index in [0.29, 0.717) is 24.5 Å². The van der Waals surface area contributed by atoms with Crippen LogP contribution < -0.4 is 5.32 Å². The number of hydrogen-bond acceptors (Lipinski definition) is 3. The minimum Gasteiger partial charge on any atom is -0.314 e. The van der Waals surface area contributed by atoms with Crippen molar-refractivity contribution < 1.29 is 8.42 Å². The van der Waals surface area contributed by atoms with Gasteiger partial charge in [-0.2, -0.15) is 4.31 Å². The molecule has 0 spiro atoms. The van der Waals surface area contributed by atoms with Crippen molar-refractivity contribution >= 4 is 10.0 Å². The molecule has 1 fully saturated rings. The maximum atomic E-state index is 12.9. The monoisotopic (exact) mass is 294 g/mol. The second-order valence-corrected chi connectivity index (χ2v) is 8.21. The van der Waals surface area contributed by atoms with Gasteiger partial charge in [0.05, 0.1) is 4.90 Å². The molecule has 1 aromatic carbocycles. The van der Waals surface area contributed by atoms with Gasteiger partial charge in [0.15, 0.2) is 0 Å². The molecule has 20 heavy (non-hydrogen) atoms. The van der Waals surface area contributed by atoms with Crippen LogP contribution in [0.4, 0.5) is 0 Å². The first kappa shape index (κ1) is 14.0. The van der Waals surface area contributed by atoms with Crippen LogP contribution in [0.25, 0.3) is 0 Å². The van der Waals surface area contributed by atoms with Gasteiger partial charge in [0, 0.05) is 25.2 Å². The molecule has 0 unspecified atom stereocenters. The van der Waals surface area contributed by atoms with E-state index in [-0.39, 0.29) is 5.54 Å². The van der Waals surface area contributed by atoms with Crippen molar-refractivity contribution in [1.82, 2.24) is 9.62 Å². The molecule has 2 aliphatic rings. The Balaban J connectivity index is 1.99. The minimum atomic E-state index is -3.40. The first-order chi connectivity index (χ1) is 9.41. The van der Waals surface area contributed by atoms with Crippen molar-refractivity contribution in [2.24, 2.45) is 0 Å². The molecule has 3 rings (SSSR count). The van der Waals surface area contributed by atoms with Crippen LogP contribution in [0, 0.1) is 0 Å². The first-order valence-corrected chi connectivity index (χ1v) is 8.71. The summed E-state index contributed by atoms with van der Waals surface area (Å²) < 4.78 is 27.4. The zero-order valence-electron chi connectivity index (χ0n) is 12.1. The molecule has 1 N–H and O–H groups in total. The van der Waals surface area contributed by atoms with Crippen molar-refractivity contribution in [1.29, 1.82) is 0 Å². The molecule has 0 saturated carbocycles. The van der Waals surface area contributed by atoms with E-state index in [2.05, 4.69) is 5.32 Å². The predicted molar refractivity (Wildman–Crippen MR) is 79.3 cm³/mol. The second kappa shape index (κ2) is 4.83. The molecular weight excluding hydrogens is 272 g/mol. The van der Waals surface area contributed by atoms with E-state index in [0.717, 1.165) is 19.3 Å². The average molecular weight is 294 g/mol. The van der Waals surface area contributed by atoms with Gasteiger partial charge in [0.25, 0.3) is 0 Å². The fraction of sp³-hybridized carbons (Fsp3) is 0.600. The van der Waals surface area contributed by atoms with Crippen LogP contribution in [0.2, 0.25) is 0 Å². The number of piperazine rings is 1. The summed E-state index contributed by atoms with van der Waals surface area (Å²) in [6.45, 7) is 5.89. The molecule has 0 atom stereocenters. The molecule has 0 aromatic heterocycles. The lowest BCUT2D eigenvalue weighted by Gasteiger charge is -2.41. The smallest absolute Gasteiger partial charge is 0.243 e. The fourth-order valence-corrected chi connectivity index (χ4v) is 5.08. The molecule has 1 saturated heterocycles. The molecule has 1 aliphatic heterocycles. The quantitative estimate of drug-likeness (QED) is 0.900. The molecule has 110 valence electrons. The van der Waals surface area contributed by atoms with Crippen LogP contribution in [-0.2, 0) is 22.9 Å². The Bertz CT molecular complexity index is 623. The van der Waals surface area contributed by atoms with Gasteiger partial charge in [-0.25, -0.2) is 8.42 Å². The molecule has 0 radical (unpaired) electrons. The Kier molecular flexibility index (Phi) is 3.39. The van der Waals surface area contributed by atoms with Gasteiger partial charge in [0.1, 0.15) is 0 Å². The van der Waals surface area contributed by atoms with E-state index in [1.807, 2.05) is 26.0 Å². The normalized spacial score (nSPS) is 22.7. The maximum Gasteiger partial charge on any atom is 0.243 e. The summed E-state index contributed by atoms with van der Waals surface area (Å²) >= 11 is 0. The van der Waals surface area contributed by atoms with Crippen molar-refractivity contribution in [3.63, 3.8) is 0 Å². The Morgan fingerprint density at radius 2 is 1.95 bits per heavy atom.